The van der Waals surface area contributed by atoms with Gasteiger partial charge in [-0.25, -0.2) is 12.8 Å². The number of halogens is 1. The molecule has 6 nitrogen and oxygen atoms in total. The number of nitrogens with two attached hydrogens (primary N) is 1. The summed E-state index contributed by atoms with van der Waals surface area (Å²) in [6, 6.07) is 5.14. The van der Waals surface area contributed by atoms with Crippen molar-refractivity contribution in [3.8, 4) is 0 Å². The normalized spacial score (nSPS) is 16.6. The Morgan fingerprint density at radius 3 is 2.59 bits per heavy atom. The smallest absolute Gasteiger partial charge is 0.242 e. The monoisotopic (exact) mass is 328 g/mol. The predicted octanol–water partition coefficient (Wildman–Crippen LogP) is 0.903. The number of hydrogen-bond donors (Lipinski definition) is 2. The molecule has 0 saturated heterocycles. The lowest BCUT2D eigenvalue weighted by atomic mass is 9.93. The van der Waals surface area contributed by atoms with Gasteiger partial charge < -0.3 is 11.1 Å². The van der Waals surface area contributed by atoms with Crippen molar-refractivity contribution in [1.82, 2.24) is 9.62 Å². The Bertz CT molecular complexity index is 627. The van der Waals surface area contributed by atoms with Crippen LogP contribution in [0.25, 0.3) is 0 Å². The number of aliphatic imine (C=N–C) groups is 1. The van der Waals surface area contributed by atoms with E-state index in [9.17, 15) is 12.8 Å². The standard InChI is InChI=1S/C14H21FN4O2S/c1-19(10-9-17-14(16)18-12-3-2-4-12)22(20,21)13-7-5-11(15)6-8-13/h5-8,12H,2-4,9-10H2,1H3,(H3,16,17,18). The Morgan fingerprint density at radius 2 is 2.05 bits per heavy atom. The van der Waals surface area contributed by atoms with Gasteiger partial charge in [-0.15, -0.1) is 0 Å². The fourth-order valence-corrected chi connectivity index (χ4v) is 3.19. The maximum Gasteiger partial charge on any atom is 0.242 e. The summed E-state index contributed by atoms with van der Waals surface area (Å²) in [5, 5.41) is 3.08. The molecule has 0 aromatic heterocycles. The van der Waals surface area contributed by atoms with Gasteiger partial charge in [0.1, 0.15) is 5.82 Å². The molecule has 0 amide bonds. The van der Waals surface area contributed by atoms with Crippen LogP contribution in [-0.4, -0.2) is 44.9 Å². The van der Waals surface area contributed by atoms with E-state index in [2.05, 4.69) is 10.3 Å². The quantitative estimate of drug-likeness (QED) is 0.600. The molecule has 0 atom stereocenters. The minimum atomic E-state index is -3.63. The summed E-state index contributed by atoms with van der Waals surface area (Å²) in [6.07, 6.45) is 3.38. The molecule has 122 valence electrons. The first-order chi connectivity index (χ1) is 10.4. The Labute approximate surface area is 130 Å². The molecule has 1 aromatic carbocycles. The predicted molar refractivity (Wildman–Crippen MR) is 83.5 cm³/mol. The topological polar surface area (TPSA) is 87.8 Å². The van der Waals surface area contributed by atoms with Crippen LogP contribution in [-0.2, 0) is 10.0 Å². The summed E-state index contributed by atoms with van der Waals surface area (Å²) in [5.41, 5.74) is 5.74. The minimum Gasteiger partial charge on any atom is -0.370 e. The number of guanidine groups is 1. The second-order valence-corrected chi connectivity index (χ2v) is 7.36. The van der Waals surface area contributed by atoms with E-state index < -0.39 is 15.8 Å². The molecule has 0 heterocycles. The van der Waals surface area contributed by atoms with Crippen LogP contribution < -0.4 is 11.1 Å². The van der Waals surface area contributed by atoms with Crippen molar-refractivity contribution in [2.45, 2.75) is 30.2 Å². The molecule has 0 radical (unpaired) electrons. The highest BCUT2D eigenvalue weighted by Gasteiger charge is 2.20. The van der Waals surface area contributed by atoms with Crippen molar-refractivity contribution in [1.29, 1.82) is 0 Å². The molecule has 1 fully saturated rings. The van der Waals surface area contributed by atoms with E-state index in [0.717, 1.165) is 25.0 Å². The number of hydrogen-bond acceptors (Lipinski definition) is 3. The van der Waals surface area contributed by atoms with Crippen molar-refractivity contribution in [2.24, 2.45) is 10.7 Å². The summed E-state index contributed by atoms with van der Waals surface area (Å²) in [5.74, 6) is -0.127. The van der Waals surface area contributed by atoms with Crippen LogP contribution in [0.15, 0.2) is 34.2 Å². The van der Waals surface area contributed by atoms with Crippen molar-refractivity contribution >= 4 is 16.0 Å². The zero-order valence-electron chi connectivity index (χ0n) is 12.5. The molecule has 0 unspecified atom stereocenters. The number of benzene rings is 1. The first-order valence-corrected chi connectivity index (χ1v) is 8.62. The third kappa shape index (κ3) is 4.17. The van der Waals surface area contributed by atoms with E-state index in [1.807, 2.05) is 0 Å². The molecule has 1 saturated carbocycles. The van der Waals surface area contributed by atoms with E-state index in [0.29, 0.717) is 12.0 Å². The van der Waals surface area contributed by atoms with E-state index in [4.69, 9.17) is 5.73 Å². The third-order valence-electron chi connectivity index (χ3n) is 3.68. The van der Waals surface area contributed by atoms with Gasteiger partial charge >= 0.3 is 0 Å². The first kappa shape index (κ1) is 16.7. The third-order valence-corrected chi connectivity index (χ3v) is 5.55. The van der Waals surface area contributed by atoms with Crippen LogP contribution in [0.5, 0.6) is 0 Å². The molecule has 0 aliphatic heterocycles. The second-order valence-electron chi connectivity index (χ2n) is 5.32. The lowest BCUT2D eigenvalue weighted by Gasteiger charge is -2.26. The van der Waals surface area contributed by atoms with Gasteiger partial charge in [0.15, 0.2) is 5.96 Å². The maximum absolute atomic E-state index is 12.9. The lowest BCUT2D eigenvalue weighted by molar-refractivity contribution is 0.382. The fraction of sp³-hybridized carbons (Fsp3) is 0.500. The van der Waals surface area contributed by atoms with Gasteiger partial charge in [-0.1, -0.05) is 0 Å². The summed E-state index contributed by atoms with van der Waals surface area (Å²) in [7, 11) is -2.17. The molecule has 2 rings (SSSR count). The molecule has 3 N–H and O–H groups in total. The number of sulfonamides is 1. The molecular formula is C14H21FN4O2S. The molecular weight excluding hydrogens is 307 g/mol. The first-order valence-electron chi connectivity index (χ1n) is 7.18. The van der Waals surface area contributed by atoms with E-state index in [1.54, 1.807) is 0 Å². The van der Waals surface area contributed by atoms with Crippen molar-refractivity contribution < 1.29 is 12.8 Å². The minimum absolute atomic E-state index is 0.0564. The summed E-state index contributed by atoms with van der Waals surface area (Å²) < 4.78 is 38.6. The molecule has 8 heteroatoms. The van der Waals surface area contributed by atoms with Gasteiger partial charge in [0.25, 0.3) is 0 Å². The summed E-state index contributed by atoms with van der Waals surface area (Å²) >= 11 is 0. The molecule has 1 aliphatic rings. The fourth-order valence-electron chi connectivity index (χ4n) is 2.03. The Balaban J connectivity index is 1.88. The molecule has 1 aliphatic carbocycles. The summed E-state index contributed by atoms with van der Waals surface area (Å²) in [6.45, 7) is 0.467. The zero-order valence-corrected chi connectivity index (χ0v) is 13.3. The Kier molecular flexibility index (Phi) is 5.36. The van der Waals surface area contributed by atoms with Gasteiger partial charge in [0.05, 0.1) is 11.4 Å². The van der Waals surface area contributed by atoms with Crippen LogP contribution in [0.1, 0.15) is 19.3 Å². The number of nitrogens with zero attached hydrogens (tertiary/aromatic N) is 2. The van der Waals surface area contributed by atoms with Crippen molar-refractivity contribution in [2.75, 3.05) is 20.1 Å². The van der Waals surface area contributed by atoms with Crippen molar-refractivity contribution in [3.05, 3.63) is 30.1 Å². The summed E-state index contributed by atoms with van der Waals surface area (Å²) in [4.78, 5) is 4.18. The van der Waals surface area contributed by atoms with Gasteiger partial charge in [0, 0.05) is 19.6 Å². The van der Waals surface area contributed by atoms with Crippen molar-refractivity contribution in [3.63, 3.8) is 0 Å². The molecule has 22 heavy (non-hydrogen) atoms. The lowest BCUT2D eigenvalue weighted by Crippen LogP contribution is -2.44. The van der Waals surface area contributed by atoms with E-state index in [-0.39, 0.29) is 18.0 Å². The SMILES string of the molecule is CN(CCN=C(N)NC1CCC1)S(=O)(=O)c1ccc(F)cc1. The molecule has 1 aromatic rings. The van der Waals surface area contributed by atoms with Gasteiger partial charge in [-0.3, -0.25) is 4.99 Å². The molecule has 0 spiro atoms. The Morgan fingerprint density at radius 1 is 1.41 bits per heavy atom. The average molecular weight is 328 g/mol. The highest BCUT2D eigenvalue weighted by Crippen LogP contribution is 2.17. The van der Waals surface area contributed by atoms with Crippen LogP contribution in [0.4, 0.5) is 4.39 Å². The van der Waals surface area contributed by atoms with Crippen LogP contribution in [0, 0.1) is 5.82 Å². The van der Waals surface area contributed by atoms with E-state index in [1.165, 1.54) is 29.9 Å². The average Bonchev–Trinajstić information content (AvgIpc) is 2.43. The van der Waals surface area contributed by atoms with Gasteiger partial charge in [-0.05, 0) is 43.5 Å². The molecule has 0 bridgehead atoms. The largest absolute Gasteiger partial charge is 0.370 e. The Hall–Kier alpha value is -1.67. The number of likely N-dealkylation sites (N-methyl/N-ethyl adjacent to an activating group) is 1. The van der Waals surface area contributed by atoms with Crippen LogP contribution >= 0.6 is 0 Å². The number of rotatable bonds is 6. The van der Waals surface area contributed by atoms with Crippen LogP contribution in [0.3, 0.4) is 0 Å². The zero-order chi connectivity index (χ0) is 16.2. The van der Waals surface area contributed by atoms with Crippen LogP contribution in [0.2, 0.25) is 0 Å². The van der Waals surface area contributed by atoms with Gasteiger partial charge in [-0.2, -0.15) is 4.31 Å². The highest BCUT2D eigenvalue weighted by molar-refractivity contribution is 7.89. The van der Waals surface area contributed by atoms with E-state index >= 15 is 0 Å². The highest BCUT2D eigenvalue weighted by atomic mass is 32.2. The maximum atomic E-state index is 12.9. The van der Waals surface area contributed by atoms with Gasteiger partial charge in [0.2, 0.25) is 10.0 Å². The number of nitrogens with one attached hydrogen (secondary N) is 1. The second kappa shape index (κ2) is 7.06.